The predicted octanol–water partition coefficient (Wildman–Crippen LogP) is 7.45. The minimum absolute atomic E-state index is 0.0197. The number of hydrogen-bond donors (Lipinski definition) is 1. The lowest BCUT2D eigenvalue weighted by molar-refractivity contribution is -0.197. The van der Waals surface area contributed by atoms with Crippen molar-refractivity contribution in [1.29, 1.82) is 0 Å². The van der Waals surface area contributed by atoms with Crippen molar-refractivity contribution < 1.29 is 59.4 Å². The van der Waals surface area contributed by atoms with Crippen LogP contribution in [-0.2, 0) is 33.9 Å². The summed E-state index contributed by atoms with van der Waals surface area (Å²) >= 11 is 6.47. The van der Waals surface area contributed by atoms with E-state index in [0.29, 0.717) is 49.8 Å². The number of Topliss-reactive ketones (excluding diaryl/α,β-unsaturated/α-hetero) is 1. The Hall–Kier alpha value is -3.99. The third-order valence-electron chi connectivity index (χ3n) is 12.4. The first-order chi connectivity index (χ1) is 28.0. The minimum atomic E-state index is -3.97. The highest BCUT2D eigenvalue weighted by Gasteiger charge is 2.62. The van der Waals surface area contributed by atoms with E-state index in [4.69, 9.17) is 25.8 Å². The molecule has 3 fully saturated rings. The molecule has 0 unspecified atom stereocenters. The Morgan fingerprint density at radius 3 is 2.47 bits per heavy atom. The second-order valence-corrected chi connectivity index (χ2v) is 19.9. The number of nitrogens with one attached hydrogen (secondary N) is 1. The lowest BCUT2D eigenvalue weighted by Crippen LogP contribution is -2.48. The summed E-state index contributed by atoms with van der Waals surface area (Å²) in [6.45, 7) is 5.34. The van der Waals surface area contributed by atoms with E-state index < -0.39 is 112 Å². The number of nitrogens with zero attached hydrogens (tertiary/aromatic N) is 2. The van der Waals surface area contributed by atoms with Crippen LogP contribution in [0.15, 0.2) is 36.4 Å². The highest BCUT2D eigenvalue weighted by molar-refractivity contribution is 7.90. The Kier molecular flexibility index (Phi) is 13.2. The zero-order chi connectivity index (χ0) is 43.9. The second kappa shape index (κ2) is 17.4. The Balaban J connectivity index is 1.37. The van der Waals surface area contributed by atoms with Crippen LogP contribution in [0.3, 0.4) is 0 Å². The molecule has 3 heterocycles. The molecule has 2 aromatic rings. The fraction of sp³-hybridized carbons (Fsp3) is 0.643. The highest BCUT2D eigenvalue weighted by Crippen LogP contribution is 2.57. The van der Waals surface area contributed by atoms with Crippen LogP contribution in [0.1, 0.15) is 92.4 Å². The number of fused-ring (bicyclic) bond motifs is 3. The van der Waals surface area contributed by atoms with Gasteiger partial charge in [0.2, 0.25) is 33.6 Å². The number of carbonyl (C=O) groups excluding carboxylic acids is 4. The highest BCUT2D eigenvalue weighted by atomic mass is 35.5. The lowest BCUT2D eigenvalue weighted by Gasteiger charge is -2.34. The van der Waals surface area contributed by atoms with Crippen LogP contribution in [-0.4, -0.2) is 90.4 Å². The molecular weight excluding hydrogens is 834 g/mol. The van der Waals surface area contributed by atoms with Crippen molar-refractivity contribution in [3.63, 3.8) is 0 Å². The predicted molar refractivity (Wildman–Crippen MR) is 213 cm³/mol. The number of esters is 1. The number of ketones is 1. The smallest absolute Gasteiger partial charge is 0.307 e. The molecule has 0 spiro atoms. The second-order valence-electron chi connectivity index (χ2n) is 17.6. The molecule has 18 heteroatoms. The number of sulfonamides is 1. The van der Waals surface area contributed by atoms with Gasteiger partial charge in [0, 0.05) is 41.6 Å². The fourth-order valence-electron chi connectivity index (χ4n) is 8.24. The van der Waals surface area contributed by atoms with E-state index in [1.807, 2.05) is 19.1 Å². The molecule has 2 amide bonds. The minimum Gasteiger partial charge on any atom is -0.472 e. The van der Waals surface area contributed by atoms with Crippen molar-refractivity contribution in [2.45, 2.75) is 128 Å². The Morgan fingerprint density at radius 2 is 1.80 bits per heavy atom. The molecule has 2 aliphatic carbocycles. The molecule has 1 aromatic carbocycles. The molecule has 2 aliphatic heterocycles. The summed E-state index contributed by atoms with van der Waals surface area (Å²) in [4.78, 5) is 62.5. The van der Waals surface area contributed by atoms with Gasteiger partial charge in [0.15, 0.2) is 18.0 Å². The Bertz CT molecular complexity index is 2130. The number of aromatic nitrogens is 1. The summed E-state index contributed by atoms with van der Waals surface area (Å²) in [5.74, 6) is -8.78. The molecule has 1 N–H and O–H groups in total. The molecule has 6 rings (SSSR count). The first-order valence-corrected chi connectivity index (χ1v) is 22.3. The van der Waals surface area contributed by atoms with Gasteiger partial charge in [0.25, 0.3) is 12.3 Å². The maximum atomic E-state index is 14.9. The number of rotatable bonds is 12. The number of hydrogen-bond acceptors (Lipinski definition) is 10. The van der Waals surface area contributed by atoms with Gasteiger partial charge >= 0.3 is 5.97 Å². The van der Waals surface area contributed by atoms with E-state index in [9.17, 15) is 45.2 Å². The molecule has 1 saturated heterocycles. The molecular formula is C42H52ClF4N3O9S. The third kappa shape index (κ3) is 10.2. The zero-order valence-electron chi connectivity index (χ0n) is 34.2. The van der Waals surface area contributed by atoms with Gasteiger partial charge in [-0.1, -0.05) is 43.7 Å². The van der Waals surface area contributed by atoms with Gasteiger partial charge in [-0.15, -0.1) is 0 Å². The molecule has 12 nitrogen and oxygen atoms in total. The number of alkyl halides is 4. The van der Waals surface area contributed by atoms with E-state index in [0.717, 1.165) is 13.8 Å². The van der Waals surface area contributed by atoms with Gasteiger partial charge in [-0.25, -0.2) is 26.0 Å². The van der Waals surface area contributed by atoms with Crippen LogP contribution >= 0.6 is 11.6 Å². The SMILES string of the molecule is C[C@@H]1CC/C=C\[C@@H]2C[C@@]2(C(=O)NS(=O)(=O)C2CC2)CC(=O)[C@@H]2C[C@@H](Oc3nc(OCC(F)F)cc4c(Cl)cccc34)CN2C(=O)[C@@H](CC(=O)OC(C)(C)C(C)(F)F)[C@H](C)C1. The average Bonchev–Trinajstić information content (AvgIpc) is 4.07. The van der Waals surface area contributed by atoms with E-state index in [-0.39, 0.29) is 42.1 Å². The van der Waals surface area contributed by atoms with Gasteiger partial charge in [-0.3, -0.25) is 23.9 Å². The molecule has 0 bridgehead atoms. The normalized spacial score (nSPS) is 28.6. The summed E-state index contributed by atoms with van der Waals surface area (Å²) < 4.78 is 100. The van der Waals surface area contributed by atoms with Crippen LogP contribution in [0.4, 0.5) is 17.6 Å². The van der Waals surface area contributed by atoms with Crippen LogP contribution in [0.2, 0.25) is 5.02 Å². The summed E-state index contributed by atoms with van der Waals surface area (Å²) in [6.07, 6.45) is 1.58. The van der Waals surface area contributed by atoms with Crippen molar-refractivity contribution in [1.82, 2.24) is 14.6 Å². The van der Waals surface area contributed by atoms with Crippen molar-refractivity contribution in [3.05, 3.63) is 41.4 Å². The number of allylic oxidation sites excluding steroid dienone is 2. The summed E-state index contributed by atoms with van der Waals surface area (Å²) in [7, 11) is -3.97. The molecule has 0 radical (unpaired) electrons. The quantitative estimate of drug-likeness (QED) is 0.129. The molecule has 2 saturated carbocycles. The van der Waals surface area contributed by atoms with Gasteiger partial charge in [-0.05, 0) is 82.3 Å². The van der Waals surface area contributed by atoms with E-state index >= 15 is 0 Å². The average molecular weight is 886 g/mol. The Morgan fingerprint density at radius 1 is 1.08 bits per heavy atom. The first-order valence-electron chi connectivity index (χ1n) is 20.3. The topological polar surface area (TPSA) is 158 Å². The first kappa shape index (κ1) is 45.5. The molecule has 1 aromatic heterocycles. The van der Waals surface area contributed by atoms with Crippen LogP contribution in [0.5, 0.6) is 11.8 Å². The zero-order valence-corrected chi connectivity index (χ0v) is 35.8. The lowest BCUT2D eigenvalue weighted by atomic mass is 9.82. The van der Waals surface area contributed by atoms with Crippen molar-refractivity contribution in [2.75, 3.05) is 13.2 Å². The number of benzene rings is 1. The van der Waals surface area contributed by atoms with Gasteiger partial charge < -0.3 is 19.1 Å². The van der Waals surface area contributed by atoms with E-state index in [2.05, 4.69) is 9.71 Å². The number of halogens is 5. The third-order valence-corrected chi connectivity index (χ3v) is 14.5. The fourth-order valence-corrected chi connectivity index (χ4v) is 9.85. The monoisotopic (exact) mass is 885 g/mol. The van der Waals surface area contributed by atoms with Crippen molar-refractivity contribution >= 4 is 56.0 Å². The summed E-state index contributed by atoms with van der Waals surface area (Å²) in [5.41, 5.74) is -3.61. The molecule has 60 heavy (non-hydrogen) atoms. The maximum absolute atomic E-state index is 14.9. The van der Waals surface area contributed by atoms with Crippen LogP contribution < -0.4 is 14.2 Å². The molecule has 4 aliphatic rings. The van der Waals surface area contributed by atoms with Crippen LogP contribution in [0, 0.1) is 29.1 Å². The Labute approximate surface area is 352 Å². The summed E-state index contributed by atoms with van der Waals surface area (Å²) in [5, 5.41) is 0.308. The number of pyridine rings is 1. The van der Waals surface area contributed by atoms with Gasteiger partial charge in [0.05, 0.1) is 35.6 Å². The number of amides is 2. The van der Waals surface area contributed by atoms with Crippen LogP contribution in [0.25, 0.3) is 10.8 Å². The van der Waals surface area contributed by atoms with Gasteiger partial charge in [-0.2, -0.15) is 4.98 Å². The van der Waals surface area contributed by atoms with E-state index in [1.54, 1.807) is 25.1 Å². The number of ether oxygens (including phenoxy) is 3. The van der Waals surface area contributed by atoms with Gasteiger partial charge in [0.1, 0.15) is 6.10 Å². The maximum Gasteiger partial charge on any atom is 0.307 e. The van der Waals surface area contributed by atoms with Crippen molar-refractivity contribution in [2.24, 2.45) is 29.1 Å². The standard InChI is InChI=1S/C42H52ClF4N3O9S/c1-23-9-6-7-10-25-19-42(25,39(54)49-60(55,56)27-13-14-27)20-33(51)32-16-26(58-37-28-11-8-12-31(43)30(28)17-35(48-37)57-22-34(44)45)21-50(32)38(53)29(24(2)15-23)18-36(52)59-40(3,4)41(5,46)47/h7-8,10-12,17,23-27,29,32,34H,6,9,13-16,18-22H2,1-5H3,(H,49,54)/b10-7-/t23-,24-,25-,26-,29+,32+,42-/m1/s1. The van der Waals surface area contributed by atoms with E-state index in [1.165, 1.54) is 11.0 Å². The molecule has 7 atom stereocenters. The summed E-state index contributed by atoms with van der Waals surface area (Å²) in [6, 6.07) is 4.98. The largest absolute Gasteiger partial charge is 0.472 e. The molecule has 330 valence electrons. The van der Waals surface area contributed by atoms with Crippen molar-refractivity contribution in [3.8, 4) is 11.8 Å². The number of carbonyl (C=O) groups is 4.